The van der Waals surface area contributed by atoms with Crippen molar-refractivity contribution in [1.82, 2.24) is 15.1 Å². The first-order valence-electron chi connectivity index (χ1n) is 7.42. The Morgan fingerprint density at radius 1 is 1.30 bits per heavy atom. The molecule has 2 aromatic rings. The Morgan fingerprint density at radius 2 is 2.00 bits per heavy atom. The van der Waals surface area contributed by atoms with Crippen LogP contribution in [-0.4, -0.2) is 41.7 Å². The highest BCUT2D eigenvalue weighted by Gasteiger charge is 2.24. The van der Waals surface area contributed by atoms with E-state index in [4.69, 9.17) is 4.74 Å². The van der Waals surface area contributed by atoms with Gasteiger partial charge < -0.3 is 10.1 Å². The summed E-state index contributed by atoms with van der Waals surface area (Å²) in [6.45, 7) is 1.77. The van der Waals surface area contributed by atoms with Gasteiger partial charge in [-0.1, -0.05) is 6.07 Å². The number of ether oxygens (including phenoxy) is 1. The van der Waals surface area contributed by atoms with E-state index in [2.05, 4.69) is 10.4 Å². The van der Waals surface area contributed by atoms with Gasteiger partial charge in [0.2, 0.25) is 0 Å². The molecule has 1 saturated heterocycles. The lowest BCUT2D eigenvalue weighted by Gasteiger charge is -2.21. The summed E-state index contributed by atoms with van der Waals surface area (Å²) < 4.78 is 6.35. The summed E-state index contributed by atoms with van der Waals surface area (Å²) >= 11 is 0. The van der Waals surface area contributed by atoms with E-state index in [0.717, 1.165) is 31.4 Å². The molecule has 6 nitrogen and oxygen atoms in total. The fourth-order valence-corrected chi connectivity index (χ4v) is 2.98. The van der Waals surface area contributed by atoms with Crippen molar-refractivity contribution in [3.63, 3.8) is 0 Å². The highest BCUT2D eigenvalue weighted by Crippen LogP contribution is 2.24. The zero-order valence-corrected chi connectivity index (χ0v) is 14.0. The number of rotatable bonds is 3. The van der Waals surface area contributed by atoms with E-state index in [-0.39, 0.29) is 29.8 Å². The number of methoxy groups -OCH3 is 1. The van der Waals surface area contributed by atoms with Gasteiger partial charge in [-0.3, -0.25) is 9.48 Å². The number of benzene rings is 1. The fraction of sp³-hybridized carbons (Fsp3) is 0.438. The molecule has 1 aromatic carbocycles. The number of carbonyl (C=O) groups is 2. The average Bonchev–Trinajstić information content (AvgIpc) is 2.90. The Morgan fingerprint density at radius 3 is 2.65 bits per heavy atom. The van der Waals surface area contributed by atoms with Crippen LogP contribution in [-0.2, 0) is 11.8 Å². The number of carbonyl (C=O) groups excluding carboxylic acids is 2. The van der Waals surface area contributed by atoms with Gasteiger partial charge in [-0.2, -0.15) is 5.10 Å². The van der Waals surface area contributed by atoms with Crippen molar-refractivity contribution in [1.29, 1.82) is 0 Å². The molecule has 1 aliphatic rings. The molecule has 1 aromatic heterocycles. The van der Waals surface area contributed by atoms with Gasteiger partial charge in [0, 0.05) is 23.9 Å². The second-order valence-electron chi connectivity index (χ2n) is 5.58. The first-order chi connectivity index (χ1) is 10.6. The van der Waals surface area contributed by atoms with E-state index in [1.54, 1.807) is 23.9 Å². The minimum atomic E-state index is -0.469. The van der Waals surface area contributed by atoms with Crippen LogP contribution in [0.2, 0.25) is 0 Å². The predicted molar refractivity (Wildman–Crippen MR) is 89.2 cm³/mol. The zero-order chi connectivity index (χ0) is 15.7. The second-order valence-corrected chi connectivity index (χ2v) is 5.58. The highest BCUT2D eigenvalue weighted by molar-refractivity contribution is 6.05. The first kappa shape index (κ1) is 17.4. The molecule has 23 heavy (non-hydrogen) atoms. The Labute approximate surface area is 140 Å². The predicted octanol–water partition coefficient (Wildman–Crippen LogP) is 1.96. The molecule has 0 saturated carbocycles. The molecule has 2 heterocycles. The topological polar surface area (TPSA) is 73.2 Å². The summed E-state index contributed by atoms with van der Waals surface area (Å²) in [5, 5.41) is 8.16. The van der Waals surface area contributed by atoms with E-state index < -0.39 is 5.97 Å². The van der Waals surface area contributed by atoms with Gasteiger partial charge in [-0.25, -0.2) is 4.79 Å². The number of aromatic nitrogens is 2. The third-order valence-corrected chi connectivity index (χ3v) is 4.22. The summed E-state index contributed by atoms with van der Waals surface area (Å²) in [4.78, 5) is 24.3. The molecule has 0 bridgehead atoms. The first-order valence-corrected chi connectivity index (χ1v) is 7.42. The molecule has 0 spiro atoms. The normalized spacial score (nSPS) is 15.2. The fourth-order valence-electron chi connectivity index (χ4n) is 2.98. The van der Waals surface area contributed by atoms with Crippen LogP contribution < -0.4 is 5.32 Å². The number of nitrogens with one attached hydrogen (secondary N) is 1. The maximum absolute atomic E-state index is 12.6. The number of aryl methyl sites for hydroxylation is 1. The van der Waals surface area contributed by atoms with Crippen LogP contribution in [0.3, 0.4) is 0 Å². The number of halogens is 1. The number of Topliss-reactive ketones (excluding diaryl/α,β-unsaturated/α-hetero) is 1. The quantitative estimate of drug-likeness (QED) is 0.684. The number of esters is 1. The summed E-state index contributed by atoms with van der Waals surface area (Å²) in [6.07, 6.45) is 1.74. The van der Waals surface area contributed by atoms with E-state index in [9.17, 15) is 9.59 Å². The van der Waals surface area contributed by atoms with E-state index in [1.807, 2.05) is 6.07 Å². The molecule has 1 aliphatic heterocycles. The van der Waals surface area contributed by atoms with Crippen LogP contribution >= 0.6 is 12.4 Å². The second kappa shape index (κ2) is 7.10. The molecule has 1 fully saturated rings. The van der Waals surface area contributed by atoms with Crippen molar-refractivity contribution in [3.05, 3.63) is 29.5 Å². The van der Waals surface area contributed by atoms with Gasteiger partial charge in [0.05, 0.1) is 12.6 Å². The molecule has 0 amide bonds. The maximum Gasteiger partial charge on any atom is 0.359 e. The lowest BCUT2D eigenvalue weighted by atomic mass is 9.89. The highest BCUT2D eigenvalue weighted by atomic mass is 35.5. The van der Waals surface area contributed by atoms with Crippen molar-refractivity contribution < 1.29 is 14.3 Å². The van der Waals surface area contributed by atoms with Gasteiger partial charge in [-0.05, 0) is 38.1 Å². The van der Waals surface area contributed by atoms with Gasteiger partial charge in [0.1, 0.15) is 0 Å². The molecule has 1 N–H and O–H groups in total. The van der Waals surface area contributed by atoms with Crippen LogP contribution in [0.5, 0.6) is 0 Å². The van der Waals surface area contributed by atoms with Gasteiger partial charge >= 0.3 is 5.97 Å². The molecule has 7 heteroatoms. The van der Waals surface area contributed by atoms with E-state index in [1.165, 1.54) is 7.11 Å². The minimum Gasteiger partial charge on any atom is -0.464 e. The summed E-state index contributed by atoms with van der Waals surface area (Å²) in [5.41, 5.74) is 1.72. The summed E-state index contributed by atoms with van der Waals surface area (Å²) in [7, 11) is 3.09. The van der Waals surface area contributed by atoms with Crippen LogP contribution in [0, 0.1) is 5.92 Å². The van der Waals surface area contributed by atoms with Crippen molar-refractivity contribution in [2.45, 2.75) is 12.8 Å². The van der Waals surface area contributed by atoms with E-state index >= 15 is 0 Å². The zero-order valence-electron chi connectivity index (χ0n) is 13.2. The van der Waals surface area contributed by atoms with Gasteiger partial charge in [0.25, 0.3) is 0 Å². The van der Waals surface area contributed by atoms with Crippen molar-refractivity contribution in [2.24, 2.45) is 13.0 Å². The largest absolute Gasteiger partial charge is 0.464 e. The molecule has 0 radical (unpaired) electrons. The maximum atomic E-state index is 12.6. The van der Waals surface area contributed by atoms with Crippen LogP contribution in [0.15, 0.2) is 18.2 Å². The van der Waals surface area contributed by atoms with Crippen LogP contribution in [0.25, 0.3) is 10.9 Å². The number of hydrogen-bond donors (Lipinski definition) is 1. The Balaban J connectivity index is 0.00000192. The van der Waals surface area contributed by atoms with Gasteiger partial charge in [-0.15, -0.1) is 12.4 Å². The van der Waals surface area contributed by atoms with Crippen molar-refractivity contribution in [2.75, 3.05) is 20.2 Å². The lowest BCUT2D eigenvalue weighted by molar-refractivity contribution is 0.0595. The lowest BCUT2D eigenvalue weighted by Crippen LogP contribution is -2.31. The third-order valence-electron chi connectivity index (χ3n) is 4.22. The van der Waals surface area contributed by atoms with Crippen LogP contribution in [0.1, 0.15) is 33.7 Å². The number of ketones is 1. The molecule has 124 valence electrons. The average molecular weight is 338 g/mol. The number of piperidine rings is 1. The van der Waals surface area contributed by atoms with Crippen molar-refractivity contribution in [3.8, 4) is 0 Å². The monoisotopic (exact) mass is 337 g/mol. The Kier molecular flexibility index (Phi) is 5.38. The Bertz CT molecular complexity index is 735. The number of hydrogen-bond acceptors (Lipinski definition) is 5. The molecule has 0 unspecified atom stereocenters. The molecule has 0 aliphatic carbocycles. The third kappa shape index (κ3) is 3.23. The number of fused-ring (bicyclic) bond motifs is 1. The number of nitrogens with zero attached hydrogens (tertiary/aromatic N) is 2. The summed E-state index contributed by atoms with van der Waals surface area (Å²) in [6, 6.07) is 5.38. The molecule has 0 atom stereocenters. The summed E-state index contributed by atoms with van der Waals surface area (Å²) in [5.74, 6) is -0.223. The minimum absolute atomic E-state index is 0. The molecular formula is C16H20ClN3O3. The smallest absolute Gasteiger partial charge is 0.359 e. The van der Waals surface area contributed by atoms with Gasteiger partial charge in [0.15, 0.2) is 11.5 Å². The van der Waals surface area contributed by atoms with E-state index in [0.29, 0.717) is 10.9 Å². The molecule has 3 rings (SSSR count). The van der Waals surface area contributed by atoms with Crippen molar-refractivity contribution >= 4 is 35.1 Å². The molecular weight excluding hydrogens is 318 g/mol. The SMILES string of the molecule is COC(=O)c1nn(C)c2cc(C(=O)C3CCNCC3)ccc12.Cl. The van der Waals surface area contributed by atoms with Crippen LogP contribution in [0.4, 0.5) is 0 Å². The Hall–Kier alpha value is -1.92. The standard InChI is InChI=1S/C16H19N3O3.ClH/c1-19-13-9-11(15(20)10-5-7-17-8-6-10)3-4-12(13)14(18-19)16(21)22-2;/h3-4,9-10,17H,5-8H2,1-2H3;1H.